The van der Waals surface area contributed by atoms with E-state index < -0.39 is 11.9 Å². The van der Waals surface area contributed by atoms with E-state index in [0.29, 0.717) is 17.3 Å². The summed E-state index contributed by atoms with van der Waals surface area (Å²) in [6.07, 6.45) is 2.98. The number of aliphatic carboxylic acids is 1. The fourth-order valence-corrected chi connectivity index (χ4v) is 2.30. The Hall–Kier alpha value is -1.39. The van der Waals surface area contributed by atoms with Gasteiger partial charge in [0, 0.05) is 12.6 Å². The number of carboxylic acids is 1. The van der Waals surface area contributed by atoms with Crippen molar-refractivity contribution in [1.82, 2.24) is 9.40 Å². The molecule has 0 aromatic carbocycles. The molecule has 0 aliphatic carbocycles. The van der Waals surface area contributed by atoms with Gasteiger partial charge in [-0.2, -0.15) is 5.10 Å². The van der Waals surface area contributed by atoms with E-state index in [-0.39, 0.29) is 24.6 Å². The van der Waals surface area contributed by atoms with Crippen LogP contribution in [0.4, 0.5) is 3.89 Å². The molecule has 130 valence electrons. The van der Waals surface area contributed by atoms with Crippen molar-refractivity contribution in [1.29, 1.82) is 0 Å². The Balaban J connectivity index is 0.000000502. The fourth-order valence-electron chi connectivity index (χ4n) is 1.62. The number of amidine groups is 1. The topological polar surface area (TPSA) is 118 Å². The molecular weight excluding hydrogens is 389 g/mol. The number of hydrazine groups is 1. The van der Waals surface area contributed by atoms with E-state index >= 15 is 0 Å². The molecule has 0 unspecified atom stereocenters. The summed E-state index contributed by atoms with van der Waals surface area (Å²) in [5.74, 6) is 8.59. The van der Waals surface area contributed by atoms with Crippen molar-refractivity contribution in [3.05, 3.63) is 28.5 Å². The van der Waals surface area contributed by atoms with Crippen molar-refractivity contribution in [2.75, 3.05) is 0 Å². The molecule has 1 aromatic rings. The van der Waals surface area contributed by atoms with Crippen LogP contribution in [-0.2, 0) is 4.79 Å². The van der Waals surface area contributed by atoms with Crippen LogP contribution in [0.2, 0.25) is 0 Å². The van der Waals surface area contributed by atoms with Gasteiger partial charge >= 0.3 is 5.97 Å². The van der Waals surface area contributed by atoms with Gasteiger partial charge < -0.3 is 10.9 Å². The van der Waals surface area contributed by atoms with Crippen molar-refractivity contribution in [2.24, 2.45) is 22.7 Å². The molecule has 0 aliphatic heterocycles. The molecular formula is C13H21BrFN5O2S. The largest absolute Gasteiger partial charge is 0.481 e. The highest BCUT2D eigenvalue weighted by Gasteiger charge is 2.21. The third-order valence-electron chi connectivity index (χ3n) is 2.78. The molecule has 0 aliphatic rings. The molecule has 23 heavy (non-hydrogen) atoms. The summed E-state index contributed by atoms with van der Waals surface area (Å²) in [5, 5.41) is 12.1. The van der Waals surface area contributed by atoms with E-state index in [1.54, 1.807) is 6.20 Å². The molecule has 1 rings (SSSR count). The molecule has 0 radical (unpaired) electrons. The van der Waals surface area contributed by atoms with Crippen LogP contribution in [0.1, 0.15) is 31.7 Å². The minimum atomic E-state index is -0.963. The zero-order valence-corrected chi connectivity index (χ0v) is 15.3. The molecule has 1 aromatic heterocycles. The molecule has 0 fully saturated rings. The van der Waals surface area contributed by atoms with E-state index in [1.807, 2.05) is 26.0 Å². The van der Waals surface area contributed by atoms with Crippen molar-refractivity contribution >= 4 is 40.1 Å². The second kappa shape index (κ2) is 12.1. The standard InChI is InChI=1S/C7H15FN4O2S.C6H6BrN/c1-2-3-5(7(13)14)4-6(11-9)12(10)15-8;1-5-2-3-8-6(7)4-5/h5H,2-4,9-10H2,1H3,(H,13,14);2-4H,1H3/b11-6-;/t5-;/m0./s1. The maximum atomic E-state index is 12.1. The van der Waals surface area contributed by atoms with Crippen LogP contribution in [0.25, 0.3) is 0 Å². The number of pyridine rings is 1. The summed E-state index contributed by atoms with van der Waals surface area (Å²) >= 11 is 2.99. The first kappa shape index (κ1) is 21.6. The number of hydrogen-bond acceptors (Lipinski definition) is 6. The lowest BCUT2D eigenvalue weighted by molar-refractivity contribution is -0.141. The predicted octanol–water partition coefficient (Wildman–Crippen LogP) is 3.01. The molecule has 0 bridgehead atoms. The van der Waals surface area contributed by atoms with Crippen molar-refractivity contribution in [3.63, 3.8) is 0 Å². The molecule has 5 N–H and O–H groups in total. The number of aromatic nitrogens is 1. The summed E-state index contributed by atoms with van der Waals surface area (Å²) in [6.45, 7) is 3.89. The second-order valence-electron chi connectivity index (χ2n) is 4.62. The van der Waals surface area contributed by atoms with Crippen LogP contribution in [0, 0.1) is 12.8 Å². The van der Waals surface area contributed by atoms with Crippen LogP contribution >= 0.6 is 28.3 Å². The van der Waals surface area contributed by atoms with Gasteiger partial charge in [-0.15, -0.1) is 3.89 Å². The highest BCUT2D eigenvalue weighted by Crippen LogP contribution is 2.16. The van der Waals surface area contributed by atoms with Crippen LogP contribution in [0.3, 0.4) is 0 Å². The van der Waals surface area contributed by atoms with Crippen LogP contribution in [0.15, 0.2) is 28.0 Å². The number of nitrogens with two attached hydrogens (primary N) is 2. The smallest absolute Gasteiger partial charge is 0.306 e. The van der Waals surface area contributed by atoms with Gasteiger partial charge in [0.05, 0.1) is 5.92 Å². The third kappa shape index (κ3) is 9.36. The number of halogens is 2. The Labute approximate surface area is 147 Å². The van der Waals surface area contributed by atoms with Crippen LogP contribution < -0.4 is 11.7 Å². The number of rotatable bonds is 6. The maximum Gasteiger partial charge on any atom is 0.306 e. The Kier molecular flexibility index (Phi) is 11.4. The summed E-state index contributed by atoms with van der Waals surface area (Å²) in [7, 11) is 0. The average molecular weight is 410 g/mol. The number of carboxylic acid groups (broad SMARTS) is 1. The normalized spacial score (nSPS) is 12.1. The van der Waals surface area contributed by atoms with Crippen molar-refractivity contribution < 1.29 is 13.8 Å². The lowest BCUT2D eigenvalue weighted by Gasteiger charge is -2.17. The Morgan fingerprint density at radius 2 is 2.30 bits per heavy atom. The second-order valence-corrected chi connectivity index (χ2v) is 5.97. The van der Waals surface area contributed by atoms with Crippen molar-refractivity contribution in [3.8, 4) is 0 Å². The van der Waals surface area contributed by atoms with Gasteiger partial charge in [-0.1, -0.05) is 13.3 Å². The Bertz CT molecular complexity index is 504. The lowest BCUT2D eigenvalue weighted by atomic mass is 10.00. The molecule has 1 atom stereocenters. The number of aryl methyl sites for hydroxylation is 1. The third-order valence-corrected chi connectivity index (χ3v) is 3.57. The molecule has 0 spiro atoms. The van der Waals surface area contributed by atoms with Gasteiger partial charge in [0.1, 0.15) is 4.60 Å². The molecule has 0 saturated heterocycles. The average Bonchev–Trinajstić information content (AvgIpc) is 2.50. The van der Waals surface area contributed by atoms with Gasteiger partial charge in [-0.05, 0) is 47.0 Å². The minimum absolute atomic E-state index is 0.0170. The fraction of sp³-hybridized carbons (Fsp3) is 0.462. The summed E-state index contributed by atoms with van der Waals surface area (Å²) in [5.41, 5.74) is 1.23. The summed E-state index contributed by atoms with van der Waals surface area (Å²) in [6, 6.07) is 3.94. The molecule has 7 nitrogen and oxygen atoms in total. The first-order chi connectivity index (χ1) is 10.8. The van der Waals surface area contributed by atoms with E-state index in [9.17, 15) is 8.68 Å². The first-order valence-electron chi connectivity index (χ1n) is 6.76. The van der Waals surface area contributed by atoms with Gasteiger partial charge in [0.25, 0.3) is 0 Å². The monoisotopic (exact) mass is 409 g/mol. The van der Waals surface area contributed by atoms with Gasteiger partial charge in [-0.25, -0.2) is 15.2 Å². The Morgan fingerprint density at radius 1 is 1.65 bits per heavy atom. The Morgan fingerprint density at radius 3 is 2.65 bits per heavy atom. The number of carbonyl (C=O) groups is 1. The molecule has 10 heteroatoms. The number of nitrogens with zero attached hydrogens (tertiary/aromatic N) is 3. The predicted molar refractivity (Wildman–Crippen MR) is 93.7 cm³/mol. The van der Waals surface area contributed by atoms with Crippen LogP contribution in [-0.4, -0.2) is 26.3 Å². The zero-order valence-electron chi connectivity index (χ0n) is 12.9. The molecule has 0 saturated carbocycles. The highest BCUT2D eigenvalue weighted by molar-refractivity contribution is 9.10. The summed E-state index contributed by atoms with van der Waals surface area (Å²) < 4.78 is 13.6. The van der Waals surface area contributed by atoms with E-state index in [4.69, 9.17) is 16.8 Å². The first-order valence-corrected chi connectivity index (χ1v) is 8.23. The SMILES string of the molecule is CCC[C@@H](C/C(=N/N)N(N)SF)C(=O)O.Cc1ccnc(Br)c1. The molecule has 1 heterocycles. The minimum Gasteiger partial charge on any atom is -0.481 e. The quantitative estimate of drug-likeness (QED) is 0.165. The van der Waals surface area contributed by atoms with E-state index in [2.05, 4.69) is 26.0 Å². The maximum absolute atomic E-state index is 12.1. The van der Waals surface area contributed by atoms with Gasteiger partial charge in [0.2, 0.25) is 0 Å². The lowest BCUT2D eigenvalue weighted by Crippen LogP contribution is -2.34. The van der Waals surface area contributed by atoms with E-state index in [1.165, 1.54) is 5.56 Å². The van der Waals surface area contributed by atoms with Gasteiger partial charge in [0.15, 0.2) is 18.2 Å². The van der Waals surface area contributed by atoms with Crippen LogP contribution in [0.5, 0.6) is 0 Å². The zero-order chi connectivity index (χ0) is 17.8. The summed E-state index contributed by atoms with van der Waals surface area (Å²) in [4.78, 5) is 14.8. The van der Waals surface area contributed by atoms with Gasteiger partial charge in [-0.3, -0.25) is 4.79 Å². The number of hydrogen-bond donors (Lipinski definition) is 3. The molecule has 0 amide bonds. The van der Waals surface area contributed by atoms with Crippen molar-refractivity contribution in [2.45, 2.75) is 33.1 Å². The van der Waals surface area contributed by atoms with E-state index in [0.717, 1.165) is 4.60 Å². The highest BCUT2D eigenvalue weighted by atomic mass is 79.9. The number of hydrazone groups is 1.